The van der Waals surface area contributed by atoms with Crippen molar-refractivity contribution in [3.63, 3.8) is 0 Å². The first-order chi connectivity index (χ1) is 9.10. The van der Waals surface area contributed by atoms with Crippen LogP contribution in [-0.4, -0.2) is 56.1 Å². The van der Waals surface area contributed by atoms with Crippen LogP contribution in [0.5, 0.6) is 0 Å². The summed E-state index contributed by atoms with van der Waals surface area (Å²) in [4.78, 5) is 6.27. The Morgan fingerprint density at radius 1 is 1.42 bits per heavy atom. The number of likely N-dealkylation sites (N-methyl/N-ethyl adjacent to an activating group) is 2. The van der Waals surface area contributed by atoms with Crippen LogP contribution < -0.4 is 5.32 Å². The molecule has 0 aliphatic carbocycles. The molecule has 1 saturated heterocycles. The maximum Gasteiger partial charge on any atom is 0.0931 e. The normalized spacial score (nSPS) is 23.7. The molecule has 2 unspecified atom stereocenters. The van der Waals surface area contributed by atoms with Gasteiger partial charge in [-0.3, -0.25) is 0 Å². The molecule has 108 valence electrons. The monoisotopic (exact) mass is 301 g/mol. The molecular weight excluding hydrogens is 278 g/mol. The van der Waals surface area contributed by atoms with Gasteiger partial charge >= 0.3 is 0 Å². The number of nitrogens with one attached hydrogen (secondary N) is 1. The van der Waals surface area contributed by atoms with Crippen molar-refractivity contribution >= 4 is 22.9 Å². The Morgan fingerprint density at radius 3 is 2.84 bits per heavy atom. The van der Waals surface area contributed by atoms with Crippen molar-refractivity contribution in [2.24, 2.45) is 0 Å². The van der Waals surface area contributed by atoms with Gasteiger partial charge in [-0.2, -0.15) is 0 Å². The smallest absolute Gasteiger partial charge is 0.0931 e. The van der Waals surface area contributed by atoms with Crippen molar-refractivity contribution in [1.29, 1.82) is 0 Å². The maximum absolute atomic E-state index is 6.07. The molecule has 0 bridgehead atoms. The number of rotatable bonds is 5. The van der Waals surface area contributed by atoms with Crippen LogP contribution in [0.15, 0.2) is 12.1 Å². The molecule has 1 aliphatic rings. The fourth-order valence-electron chi connectivity index (χ4n) is 2.69. The summed E-state index contributed by atoms with van der Waals surface area (Å²) in [6, 6.07) is 5.19. The van der Waals surface area contributed by atoms with Gasteiger partial charge in [0, 0.05) is 36.6 Å². The number of nitrogens with zero attached hydrogens (tertiary/aromatic N) is 2. The number of hydrogen-bond donors (Lipinski definition) is 1. The molecule has 2 rings (SSSR count). The molecule has 5 heteroatoms. The van der Waals surface area contributed by atoms with Gasteiger partial charge in [0.15, 0.2) is 0 Å². The Bertz CT molecular complexity index is 396. The van der Waals surface area contributed by atoms with Gasteiger partial charge in [-0.25, -0.2) is 0 Å². The fourth-order valence-corrected chi connectivity index (χ4v) is 3.84. The van der Waals surface area contributed by atoms with E-state index in [1.807, 2.05) is 6.07 Å². The lowest BCUT2D eigenvalue weighted by Crippen LogP contribution is -2.51. The lowest BCUT2D eigenvalue weighted by Gasteiger charge is -2.39. The lowest BCUT2D eigenvalue weighted by atomic mass is 10.0. The maximum atomic E-state index is 6.07. The van der Waals surface area contributed by atoms with Gasteiger partial charge in [0.2, 0.25) is 0 Å². The van der Waals surface area contributed by atoms with Gasteiger partial charge in [0.05, 0.1) is 4.34 Å². The predicted molar refractivity (Wildman–Crippen MR) is 84.3 cm³/mol. The number of thiophene rings is 1. The molecule has 2 atom stereocenters. The van der Waals surface area contributed by atoms with E-state index >= 15 is 0 Å². The lowest BCUT2D eigenvalue weighted by molar-refractivity contribution is 0.101. The van der Waals surface area contributed by atoms with E-state index < -0.39 is 0 Å². The first kappa shape index (κ1) is 15.3. The van der Waals surface area contributed by atoms with Crippen molar-refractivity contribution in [3.05, 3.63) is 21.3 Å². The highest BCUT2D eigenvalue weighted by Crippen LogP contribution is 2.30. The van der Waals surface area contributed by atoms with E-state index in [0.29, 0.717) is 12.1 Å². The summed E-state index contributed by atoms with van der Waals surface area (Å²) in [5.74, 6) is 0. The summed E-state index contributed by atoms with van der Waals surface area (Å²) in [5.41, 5.74) is 0. The van der Waals surface area contributed by atoms with Gasteiger partial charge in [0.25, 0.3) is 0 Å². The number of hydrogen-bond acceptors (Lipinski definition) is 4. The van der Waals surface area contributed by atoms with E-state index in [1.54, 1.807) is 11.3 Å². The average molecular weight is 302 g/mol. The van der Waals surface area contributed by atoms with E-state index in [1.165, 1.54) is 11.4 Å². The molecule has 19 heavy (non-hydrogen) atoms. The Balaban J connectivity index is 2.03. The molecule has 2 heterocycles. The Kier molecular flexibility index (Phi) is 5.66. The largest absolute Gasteiger partial charge is 0.309 e. The summed E-state index contributed by atoms with van der Waals surface area (Å²) >= 11 is 7.77. The van der Waals surface area contributed by atoms with Crippen LogP contribution in [0.1, 0.15) is 24.3 Å². The molecule has 0 aromatic carbocycles. The van der Waals surface area contributed by atoms with Crippen LogP contribution in [0.25, 0.3) is 0 Å². The van der Waals surface area contributed by atoms with Gasteiger partial charge in [0.1, 0.15) is 0 Å². The van der Waals surface area contributed by atoms with Crippen molar-refractivity contribution < 1.29 is 0 Å². The van der Waals surface area contributed by atoms with E-state index in [2.05, 4.69) is 42.2 Å². The second-order valence-corrected chi connectivity index (χ2v) is 7.13. The van der Waals surface area contributed by atoms with E-state index in [-0.39, 0.29) is 0 Å². The SMILES string of the molecule is CCNC(CC1CN(C)CCN1C)c1ccc(Cl)s1. The quantitative estimate of drug-likeness (QED) is 0.902. The van der Waals surface area contributed by atoms with Gasteiger partial charge < -0.3 is 15.1 Å². The third-order valence-corrected chi connectivity index (χ3v) is 5.22. The standard InChI is InChI=1S/C14H24ClN3S/c1-4-16-12(13-5-6-14(15)19-13)9-11-10-17(2)7-8-18(11)3/h5-6,11-12,16H,4,7-10H2,1-3H3. The highest BCUT2D eigenvalue weighted by Gasteiger charge is 2.26. The topological polar surface area (TPSA) is 18.5 Å². The second kappa shape index (κ2) is 7.04. The van der Waals surface area contributed by atoms with Crippen molar-refractivity contribution in [2.75, 3.05) is 40.3 Å². The molecule has 0 radical (unpaired) electrons. The number of piperazine rings is 1. The summed E-state index contributed by atoms with van der Waals surface area (Å²) in [7, 11) is 4.45. The Morgan fingerprint density at radius 2 is 2.21 bits per heavy atom. The van der Waals surface area contributed by atoms with Gasteiger partial charge in [-0.1, -0.05) is 18.5 Å². The molecule has 1 aliphatic heterocycles. The first-order valence-corrected chi connectivity index (χ1v) is 8.17. The minimum Gasteiger partial charge on any atom is -0.309 e. The van der Waals surface area contributed by atoms with E-state index in [0.717, 1.165) is 30.4 Å². The van der Waals surface area contributed by atoms with Gasteiger partial charge in [-0.15, -0.1) is 11.3 Å². The molecule has 1 fully saturated rings. The van der Waals surface area contributed by atoms with Crippen molar-refractivity contribution in [1.82, 2.24) is 15.1 Å². The third-order valence-electron chi connectivity index (χ3n) is 3.88. The summed E-state index contributed by atoms with van der Waals surface area (Å²) < 4.78 is 0.881. The Hall–Kier alpha value is -0.130. The summed E-state index contributed by atoms with van der Waals surface area (Å²) in [6.45, 7) is 6.64. The van der Waals surface area contributed by atoms with Crippen LogP contribution in [0.3, 0.4) is 0 Å². The predicted octanol–water partition coefficient (Wildman–Crippen LogP) is 2.69. The van der Waals surface area contributed by atoms with Crippen LogP contribution >= 0.6 is 22.9 Å². The Labute approximate surface area is 125 Å². The molecule has 3 nitrogen and oxygen atoms in total. The van der Waals surface area contributed by atoms with Crippen LogP contribution in [0.4, 0.5) is 0 Å². The molecule has 0 amide bonds. The fraction of sp³-hybridized carbons (Fsp3) is 0.714. The molecule has 1 aromatic heterocycles. The second-order valence-electron chi connectivity index (χ2n) is 5.38. The third kappa shape index (κ3) is 4.17. The van der Waals surface area contributed by atoms with E-state index in [9.17, 15) is 0 Å². The van der Waals surface area contributed by atoms with Crippen molar-refractivity contribution in [3.8, 4) is 0 Å². The summed E-state index contributed by atoms with van der Waals surface area (Å²) in [5, 5.41) is 3.60. The highest BCUT2D eigenvalue weighted by molar-refractivity contribution is 7.16. The first-order valence-electron chi connectivity index (χ1n) is 6.97. The van der Waals surface area contributed by atoms with Crippen LogP contribution in [0.2, 0.25) is 4.34 Å². The zero-order valence-electron chi connectivity index (χ0n) is 12.0. The number of halogens is 1. The zero-order valence-corrected chi connectivity index (χ0v) is 13.6. The highest BCUT2D eigenvalue weighted by atomic mass is 35.5. The van der Waals surface area contributed by atoms with Crippen molar-refractivity contribution in [2.45, 2.75) is 25.4 Å². The molecule has 0 saturated carbocycles. The van der Waals surface area contributed by atoms with Gasteiger partial charge in [-0.05, 0) is 39.2 Å². The molecule has 1 N–H and O–H groups in total. The zero-order chi connectivity index (χ0) is 13.8. The van der Waals surface area contributed by atoms with Crippen LogP contribution in [0, 0.1) is 0 Å². The minimum atomic E-state index is 0.418. The minimum absolute atomic E-state index is 0.418. The molecule has 0 spiro atoms. The van der Waals surface area contributed by atoms with E-state index in [4.69, 9.17) is 11.6 Å². The molecular formula is C14H24ClN3S. The molecule has 1 aromatic rings. The summed E-state index contributed by atoms with van der Waals surface area (Å²) in [6.07, 6.45) is 1.14. The average Bonchev–Trinajstić information content (AvgIpc) is 2.80. The van der Waals surface area contributed by atoms with Crippen LogP contribution in [-0.2, 0) is 0 Å².